The molecule has 3 N–H and O–H groups in total. The summed E-state index contributed by atoms with van der Waals surface area (Å²) >= 11 is 3.13. The van der Waals surface area contributed by atoms with Crippen molar-refractivity contribution in [3.63, 3.8) is 0 Å². The SMILES string of the molecule is Nc1cccc(SCCS(=O)(=O)NCCc2cccs2)c1. The molecule has 1 aromatic heterocycles. The van der Waals surface area contributed by atoms with Crippen LogP contribution in [0.2, 0.25) is 0 Å². The Balaban J connectivity index is 1.71. The van der Waals surface area contributed by atoms with Crippen LogP contribution in [0.25, 0.3) is 0 Å². The van der Waals surface area contributed by atoms with Gasteiger partial charge in [0.2, 0.25) is 10.0 Å². The summed E-state index contributed by atoms with van der Waals surface area (Å²) in [4.78, 5) is 2.18. The van der Waals surface area contributed by atoms with Crippen molar-refractivity contribution in [3.05, 3.63) is 46.7 Å². The fourth-order valence-corrected chi connectivity index (χ4v) is 4.84. The van der Waals surface area contributed by atoms with Crippen LogP contribution in [0.15, 0.2) is 46.7 Å². The lowest BCUT2D eigenvalue weighted by molar-refractivity contribution is 0.583. The largest absolute Gasteiger partial charge is 0.399 e. The minimum atomic E-state index is -3.21. The van der Waals surface area contributed by atoms with E-state index in [1.54, 1.807) is 11.3 Å². The number of nitrogens with two attached hydrogens (primary N) is 1. The van der Waals surface area contributed by atoms with E-state index in [0.717, 1.165) is 11.3 Å². The van der Waals surface area contributed by atoms with Gasteiger partial charge in [-0.05, 0) is 36.1 Å². The molecule has 0 radical (unpaired) electrons. The number of sulfonamides is 1. The van der Waals surface area contributed by atoms with Crippen molar-refractivity contribution in [1.29, 1.82) is 0 Å². The highest BCUT2D eigenvalue weighted by atomic mass is 32.2. The quantitative estimate of drug-likeness (QED) is 0.571. The van der Waals surface area contributed by atoms with Crippen molar-refractivity contribution in [2.24, 2.45) is 0 Å². The summed E-state index contributed by atoms with van der Waals surface area (Å²) in [6.45, 7) is 0.450. The first-order chi connectivity index (χ1) is 10.1. The molecule has 2 aromatic rings. The molecule has 0 aliphatic carbocycles. The van der Waals surface area contributed by atoms with Gasteiger partial charge >= 0.3 is 0 Å². The summed E-state index contributed by atoms with van der Waals surface area (Å²) in [7, 11) is -3.21. The van der Waals surface area contributed by atoms with Gasteiger partial charge < -0.3 is 5.73 Å². The molecule has 0 saturated heterocycles. The normalized spacial score (nSPS) is 11.6. The molecule has 2 rings (SSSR count). The van der Waals surface area contributed by atoms with Gasteiger partial charge in [0.1, 0.15) is 0 Å². The van der Waals surface area contributed by atoms with Crippen LogP contribution < -0.4 is 10.5 Å². The topological polar surface area (TPSA) is 72.2 Å². The highest BCUT2D eigenvalue weighted by Gasteiger charge is 2.09. The minimum absolute atomic E-state index is 0.108. The standard InChI is InChI=1S/C14H18N2O2S3/c15-12-3-1-4-14(11-12)20-9-10-21(17,18)16-7-6-13-5-2-8-19-13/h1-5,8,11,16H,6-7,9-10,15H2. The second-order valence-corrected chi connectivity index (χ2v) is 8.59. The van der Waals surface area contributed by atoms with Crippen molar-refractivity contribution < 1.29 is 8.42 Å². The molecule has 21 heavy (non-hydrogen) atoms. The Morgan fingerprint density at radius 3 is 2.81 bits per heavy atom. The first-order valence-electron chi connectivity index (χ1n) is 6.53. The van der Waals surface area contributed by atoms with Gasteiger partial charge in [-0.3, -0.25) is 0 Å². The lowest BCUT2D eigenvalue weighted by atomic mass is 10.3. The Hall–Kier alpha value is -1.02. The molecular formula is C14H18N2O2S3. The molecule has 0 unspecified atom stereocenters. The van der Waals surface area contributed by atoms with Crippen LogP contribution in [-0.2, 0) is 16.4 Å². The maximum Gasteiger partial charge on any atom is 0.212 e. The Labute approximate surface area is 133 Å². The molecule has 4 nitrogen and oxygen atoms in total. The van der Waals surface area contributed by atoms with Crippen LogP contribution in [0.5, 0.6) is 0 Å². The van der Waals surface area contributed by atoms with E-state index in [4.69, 9.17) is 5.73 Å². The molecule has 0 fully saturated rings. The zero-order valence-electron chi connectivity index (χ0n) is 11.5. The maximum absolute atomic E-state index is 11.9. The highest BCUT2D eigenvalue weighted by Crippen LogP contribution is 2.20. The predicted octanol–water partition coefficient (Wildman–Crippen LogP) is 2.58. The number of thiophene rings is 1. The van der Waals surface area contributed by atoms with E-state index < -0.39 is 10.0 Å². The van der Waals surface area contributed by atoms with Crippen LogP contribution in [-0.4, -0.2) is 26.5 Å². The van der Waals surface area contributed by atoms with Gasteiger partial charge in [0.05, 0.1) is 5.75 Å². The first kappa shape index (κ1) is 16.4. The Morgan fingerprint density at radius 1 is 1.24 bits per heavy atom. The van der Waals surface area contributed by atoms with E-state index in [1.807, 2.05) is 41.8 Å². The lowest BCUT2D eigenvalue weighted by Crippen LogP contribution is -2.29. The van der Waals surface area contributed by atoms with E-state index in [0.29, 0.717) is 18.0 Å². The van der Waals surface area contributed by atoms with Gasteiger partial charge in [-0.2, -0.15) is 0 Å². The Bertz CT molecular complexity index is 655. The number of nitrogen functional groups attached to an aromatic ring is 1. The third kappa shape index (κ3) is 6.09. The number of hydrogen-bond donors (Lipinski definition) is 2. The second kappa shape index (κ2) is 7.84. The molecule has 1 heterocycles. The van der Waals surface area contributed by atoms with Crippen molar-refractivity contribution in [1.82, 2.24) is 4.72 Å². The Kier molecular flexibility index (Phi) is 6.10. The molecule has 0 atom stereocenters. The van der Waals surface area contributed by atoms with Gasteiger partial charge in [0.15, 0.2) is 0 Å². The van der Waals surface area contributed by atoms with Crippen molar-refractivity contribution in [2.75, 3.05) is 23.8 Å². The fourth-order valence-electron chi connectivity index (χ4n) is 1.73. The van der Waals surface area contributed by atoms with Crippen molar-refractivity contribution >= 4 is 38.8 Å². The second-order valence-electron chi connectivity index (χ2n) is 4.46. The van der Waals surface area contributed by atoms with E-state index in [9.17, 15) is 8.42 Å². The third-order valence-electron chi connectivity index (χ3n) is 2.75. The van der Waals surface area contributed by atoms with Gasteiger partial charge in [-0.15, -0.1) is 23.1 Å². The summed E-state index contributed by atoms with van der Waals surface area (Å²) in [6.07, 6.45) is 0.735. The summed E-state index contributed by atoms with van der Waals surface area (Å²) in [6, 6.07) is 11.4. The van der Waals surface area contributed by atoms with Crippen LogP contribution in [0.3, 0.4) is 0 Å². The lowest BCUT2D eigenvalue weighted by Gasteiger charge is -2.06. The Morgan fingerprint density at radius 2 is 2.10 bits per heavy atom. The number of anilines is 1. The number of hydrogen-bond acceptors (Lipinski definition) is 5. The van der Waals surface area contributed by atoms with E-state index >= 15 is 0 Å². The number of benzene rings is 1. The van der Waals surface area contributed by atoms with E-state index in [1.165, 1.54) is 16.6 Å². The van der Waals surface area contributed by atoms with Crippen LogP contribution in [0.1, 0.15) is 4.88 Å². The summed E-state index contributed by atoms with van der Waals surface area (Å²) < 4.78 is 26.4. The van der Waals surface area contributed by atoms with Crippen molar-refractivity contribution in [3.8, 4) is 0 Å². The highest BCUT2D eigenvalue weighted by molar-refractivity contribution is 8.00. The molecule has 0 spiro atoms. The minimum Gasteiger partial charge on any atom is -0.399 e. The van der Waals surface area contributed by atoms with E-state index in [2.05, 4.69) is 4.72 Å². The molecule has 0 aliphatic rings. The van der Waals surface area contributed by atoms with Crippen LogP contribution in [0, 0.1) is 0 Å². The monoisotopic (exact) mass is 342 g/mol. The first-order valence-corrected chi connectivity index (χ1v) is 10.0. The third-order valence-corrected chi connectivity index (χ3v) is 6.33. The average molecular weight is 343 g/mol. The smallest absolute Gasteiger partial charge is 0.212 e. The van der Waals surface area contributed by atoms with Gasteiger partial charge in [0, 0.05) is 27.8 Å². The summed E-state index contributed by atoms with van der Waals surface area (Å²) in [5.74, 6) is 0.620. The molecule has 0 saturated carbocycles. The molecule has 1 aromatic carbocycles. The number of rotatable bonds is 8. The molecule has 114 valence electrons. The fraction of sp³-hybridized carbons (Fsp3) is 0.286. The number of thioether (sulfide) groups is 1. The zero-order valence-corrected chi connectivity index (χ0v) is 13.9. The summed E-state index contributed by atoms with van der Waals surface area (Å²) in [5, 5.41) is 1.99. The maximum atomic E-state index is 11.9. The predicted molar refractivity (Wildman–Crippen MR) is 91.4 cm³/mol. The van der Waals surface area contributed by atoms with Crippen LogP contribution >= 0.6 is 23.1 Å². The van der Waals surface area contributed by atoms with Gasteiger partial charge in [-0.1, -0.05) is 12.1 Å². The number of nitrogens with one attached hydrogen (secondary N) is 1. The molecule has 0 aliphatic heterocycles. The van der Waals surface area contributed by atoms with Gasteiger partial charge in [-0.25, -0.2) is 13.1 Å². The van der Waals surface area contributed by atoms with Crippen LogP contribution in [0.4, 0.5) is 5.69 Å². The van der Waals surface area contributed by atoms with E-state index in [-0.39, 0.29) is 5.75 Å². The molecule has 0 amide bonds. The zero-order chi connectivity index (χ0) is 15.1. The average Bonchev–Trinajstić information content (AvgIpc) is 2.91. The van der Waals surface area contributed by atoms with Gasteiger partial charge in [0.25, 0.3) is 0 Å². The summed E-state index contributed by atoms with van der Waals surface area (Å²) in [5.41, 5.74) is 6.38. The molecule has 7 heteroatoms. The molecular weight excluding hydrogens is 324 g/mol. The van der Waals surface area contributed by atoms with Crippen molar-refractivity contribution in [2.45, 2.75) is 11.3 Å². The molecule has 0 bridgehead atoms.